The Bertz CT molecular complexity index is 305. The van der Waals surface area contributed by atoms with Crippen molar-refractivity contribution in [3.8, 4) is 0 Å². The van der Waals surface area contributed by atoms with Crippen molar-refractivity contribution in [2.75, 3.05) is 0 Å². The van der Waals surface area contributed by atoms with Gasteiger partial charge in [0.25, 0.3) is 0 Å². The molecule has 0 spiro atoms. The average molecular weight is 166 g/mol. The molecule has 0 saturated carbocycles. The van der Waals surface area contributed by atoms with Crippen LogP contribution in [-0.4, -0.2) is 27.5 Å². The highest BCUT2D eigenvalue weighted by atomic mass is 16.4. The van der Waals surface area contributed by atoms with E-state index in [1.54, 1.807) is 0 Å². The van der Waals surface area contributed by atoms with E-state index >= 15 is 0 Å². The van der Waals surface area contributed by atoms with E-state index in [2.05, 4.69) is 10.1 Å². The summed E-state index contributed by atoms with van der Waals surface area (Å²) in [7, 11) is 0. The summed E-state index contributed by atoms with van der Waals surface area (Å²) in [6.07, 6.45) is 2.31. The molecule has 12 heavy (non-hydrogen) atoms. The molecule has 5 nitrogen and oxygen atoms in total. The minimum absolute atomic E-state index is 0.102. The van der Waals surface area contributed by atoms with Gasteiger partial charge in [-0.05, 0) is 12.1 Å². The molecular weight excluding hydrogens is 160 g/mol. The van der Waals surface area contributed by atoms with Gasteiger partial charge < -0.3 is 10.3 Å². The summed E-state index contributed by atoms with van der Waals surface area (Å²) in [5, 5.41) is 19.3. The fourth-order valence-corrected chi connectivity index (χ4v) is 0.667. The van der Waals surface area contributed by atoms with Crippen molar-refractivity contribution in [1.82, 2.24) is 4.98 Å². The first-order valence-electron chi connectivity index (χ1n) is 3.11. The van der Waals surface area contributed by atoms with Crippen LogP contribution in [0.2, 0.25) is 0 Å². The van der Waals surface area contributed by atoms with Crippen LogP contribution in [0.1, 0.15) is 16.1 Å². The number of hydrogen-bond acceptors (Lipinski definition) is 4. The van der Waals surface area contributed by atoms with Gasteiger partial charge in [-0.1, -0.05) is 5.16 Å². The van der Waals surface area contributed by atoms with Crippen molar-refractivity contribution in [2.24, 2.45) is 5.16 Å². The number of aromatic carboxylic acids is 1. The standard InChI is InChI=1S/C7H6N2O3/c10-7(11)5-1-2-6(4-9-12)8-3-5/h1-4,12H,(H,10,11)/b9-4+. The highest BCUT2D eigenvalue weighted by molar-refractivity contribution is 5.88. The molecule has 62 valence electrons. The Hall–Kier alpha value is -1.91. The van der Waals surface area contributed by atoms with Crippen molar-refractivity contribution >= 4 is 12.2 Å². The van der Waals surface area contributed by atoms with Crippen LogP contribution in [-0.2, 0) is 0 Å². The molecule has 0 aliphatic heterocycles. The lowest BCUT2D eigenvalue weighted by Gasteiger charge is -1.92. The van der Waals surface area contributed by atoms with Crippen LogP contribution in [0.5, 0.6) is 0 Å². The molecule has 1 aromatic heterocycles. The number of carboxylic acid groups (broad SMARTS) is 1. The van der Waals surface area contributed by atoms with E-state index in [1.807, 2.05) is 0 Å². The number of pyridine rings is 1. The Morgan fingerprint density at radius 2 is 2.33 bits per heavy atom. The zero-order valence-corrected chi connectivity index (χ0v) is 6.01. The Morgan fingerprint density at radius 3 is 2.75 bits per heavy atom. The van der Waals surface area contributed by atoms with Gasteiger partial charge in [0.15, 0.2) is 0 Å². The maximum atomic E-state index is 10.3. The molecule has 1 rings (SSSR count). The number of rotatable bonds is 2. The summed E-state index contributed by atoms with van der Waals surface area (Å²) in [5.74, 6) is -1.03. The first-order valence-corrected chi connectivity index (χ1v) is 3.11. The second kappa shape index (κ2) is 3.47. The maximum Gasteiger partial charge on any atom is 0.337 e. The van der Waals surface area contributed by atoms with Crippen molar-refractivity contribution in [3.63, 3.8) is 0 Å². The van der Waals surface area contributed by atoms with Crippen molar-refractivity contribution in [2.45, 2.75) is 0 Å². The number of carbonyl (C=O) groups is 1. The summed E-state index contributed by atoms with van der Waals surface area (Å²) < 4.78 is 0. The fourth-order valence-electron chi connectivity index (χ4n) is 0.667. The molecule has 0 amide bonds. The first-order chi connectivity index (χ1) is 5.74. The number of oxime groups is 1. The van der Waals surface area contributed by atoms with Gasteiger partial charge in [-0.2, -0.15) is 0 Å². The van der Waals surface area contributed by atoms with Crippen LogP contribution in [0.15, 0.2) is 23.5 Å². The lowest BCUT2D eigenvalue weighted by atomic mass is 10.2. The average Bonchev–Trinajstić information content (AvgIpc) is 2.06. The van der Waals surface area contributed by atoms with E-state index in [9.17, 15) is 4.79 Å². The normalized spacial score (nSPS) is 10.3. The molecule has 0 radical (unpaired) electrons. The van der Waals surface area contributed by atoms with E-state index in [0.717, 1.165) is 6.21 Å². The van der Waals surface area contributed by atoms with Crippen LogP contribution >= 0.6 is 0 Å². The van der Waals surface area contributed by atoms with E-state index in [-0.39, 0.29) is 5.56 Å². The van der Waals surface area contributed by atoms with Crippen LogP contribution in [0.25, 0.3) is 0 Å². The van der Waals surface area contributed by atoms with Crippen molar-refractivity contribution in [3.05, 3.63) is 29.6 Å². The minimum Gasteiger partial charge on any atom is -0.478 e. The molecular formula is C7H6N2O3. The zero-order chi connectivity index (χ0) is 8.97. The smallest absolute Gasteiger partial charge is 0.337 e. The summed E-state index contributed by atoms with van der Waals surface area (Å²) in [4.78, 5) is 14.0. The zero-order valence-electron chi connectivity index (χ0n) is 6.01. The molecule has 0 saturated heterocycles. The lowest BCUT2D eigenvalue weighted by Crippen LogP contribution is -1.98. The minimum atomic E-state index is -1.03. The fraction of sp³-hybridized carbons (Fsp3) is 0. The Kier molecular flexibility index (Phi) is 2.37. The molecule has 0 atom stereocenters. The number of carboxylic acids is 1. The monoisotopic (exact) mass is 166 g/mol. The summed E-state index contributed by atoms with van der Waals surface area (Å²) in [5.41, 5.74) is 0.507. The molecule has 1 heterocycles. The lowest BCUT2D eigenvalue weighted by molar-refractivity contribution is 0.0696. The molecule has 0 aliphatic carbocycles. The third-order valence-electron chi connectivity index (χ3n) is 1.22. The quantitative estimate of drug-likeness (QED) is 0.382. The molecule has 0 aromatic carbocycles. The second-order valence-electron chi connectivity index (χ2n) is 2.02. The van der Waals surface area contributed by atoms with Gasteiger partial charge in [0.1, 0.15) is 0 Å². The molecule has 1 aromatic rings. The molecule has 5 heteroatoms. The topological polar surface area (TPSA) is 82.8 Å². The van der Waals surface area contributed by atoms with E-state index < -0.39 is 5.97 Å². The predicted molar refractivity (Wildman–Crippen MR) is 40.6 cm³/mol. The highest BCUT2D eigenvalue weighted by Gasteiger charge is 2.00. The maximum absolute atomic E-state index is 10.3. The number of aromatic nitrogens is 1. The van der Waals surface area contributed by atoms with Crippen LogP contribution in [0.3, 0.4) is 0 Å². The summed E-state index contributed by atoms with van der Waals surface area (Å²) >= 11 is 0. The van der Waals surface area contributed by atoms with Gasteiger partial charge in [-0.15, -0.1) is 0 Å². The Labute approximate surface area is 68.0 Å². The van der Waals surface area contributed by atoms with Crippen molar-refractivity contribution in [1.29, 1.82) is 0 Å². The molecule has 2 N–H and O–H groups in total. The van der Waals surface area contributed by atoms with Crippen LogP contribution in [0, 0.1) is 0 Å². The van der Waals surface area contributed by atoms with E-state index in [1.165, 1.54) is 18.3 Å². The molecule has 0 fully saturated rings. The van der Waals surface area contributed by atoms with Gasteiger partial charge in [0, 0.05) is 6.20 Å². The number of hydrogen-bond donors (Lipinski definition) is 2. The van der Waals surface area contributed by atoms with E-state index in [4.69, 9.17) is 10.3 Å². The third kappa shape index (κ3) is 1.79. The predicted octanol–water partition coefficient (Wildman–Crippen LogP) is 0.588. The molecule has 0 bridgehead atoms. The first kappa shape index (κ1) is 8.19. The highest BCUT2D eigenvalue weighted by Crippen LogP contribution is 1.97. The van der Waals surface area contributed by atoms with Gasteiger partial charge in [0.2, 0.25) is 0 Å². The molecule has 0 unspecified atom stereocenters. The van der Waals surface area contributed by atoms with E-state index in [0.29, 0.717) is 5.69 Å². The SMILES string of the molecule is O=C(O)c1ccc(/C=N/O)nc1. The van der Waals surface area contributed by atoms with Gasteiger partial charge in [-0.25, -0.2) is 4.79 Å². The third-order valence-corrected chi connectivity index (χ3v) is 1.22. The Morgan fingerprint density at radius 1 is 1.58 bits per heavy atom. The van der Waals surface area contributed by atoms with Gasteiger partial charge in [0.05, 0.1) is 17.5 Å². The number of nitrogens with zero attached hydrogens (tertiary/aromatic N) is 2. The van der Waals surface area contributed by atoms with Gasteiger partial charge in [-0.3, -0.25) is 4.98 Å². The summed E-state index contributed by atoms with van der Waals surface area (Å²) in [6, 6.07) is 2.83. The summed E-state index contributed by atoms with van der Waals surface area (Å²) in [6.45, 7) is 0. The van der Waals surface area contributed by atoms with Gasteiger partial charge >= 0.3 is 5.97 Å². The Balaban J connectivity index is 2.93. The van der Waals surface area contributed by atoms with Crippen LogP contribution < -0.4 is 0 Å². The molecule has 0 aliphatic rings. The second-order valence-corrected chi connectivity index (χ2v) is 2.02. The van der Waals surface area contributed by atoms with Crippen LogP contribution in [0.4, 0.5) is 0 Å². The van der Waals surface area contributed by atoms with Crippen molar-refractivity contribution < 1.29 is 15.1 Å². The largest absolute Gasteiger partial charge is 0.478 e.